The predicted molar refractivity (Wildman–Crippen MR) is 96.9 cm³/mol. The van der Waals surface area contributed by atoms with Crippen molar-refractivity contribution in [3.05, 3.63) is 58.7 Å². The molecule has 1 saturated heterocycles. The summed E-state index contributed by atoms with van der Waals surface area (Å²) in [6.45, 7) is 0.418. The van der Waals surface area contributed by atoms with Crippen molar-refractivity contribution < 1.29 is 41.0 Å². The molecule has 4 rings (SSSR count). The summed E-state index contributed by atoms with van der Waals surface area (Å²) in [5.41, 5.74) is -1.09. The minimum Gasteiger partial charge on any atom is -0.493 e. The average molecular weight is 441 g/mol. The van der Waals surface area contributed by atoms with Crippen molar-refractivity contribution in [2.24, 2.45) is 5.92 Å². The lowest BCUT2D eigenvalue weighted by atomic mass is 9.97. The van der Waals surface area contributed by atoms with E-state index < -0.39 is 29.3 Å². The van der Waals surface area contributed by atoms with Gasteiger partial charge in [0.25, 0.3) is 5.91 Å². The van der Waals surface area contributed by atoms with E-state index in [2.05, 4.69) is 0 Å². The summed E-state index contributed by atoms with van der Waals surface area (Å²) < 4.78 is 76.2. The fraction of sp³-hybridized carbons (Fsp3) is 0.333. The van der Waals surface area contributed by atoms with Gasteiger partial charge in [0.2, 0.25) is 0 Å². The number of halogens is 5. The lowest BCUT2D eigenvalue weighted by Gasteiger charge is -2.39. The smallest absolute Gasteiger partial charge is 0.419 e. The third kappa shape index (κ3) is 4.33. The van der Waals surface area contributed by atoms with Crippen LogP contribution in [-0.4, -0.2) is 42.9 Å². The van der Waals surface area contributed by atoms with Gasteiger partial charge in [0, 0.05) is 43.1 Å². The SMILES string of the molecule is O=C1COc2cc(F)c(C(=O)N3CC(COc4ccc(C(F)(F)F)c(F)c4)C3)cc2C1. The van der Waals surface area contributed by atoms with Gasteiger partial charge in [-0.1, -0.05) is 0 Å². The van der Waals surface area contributed by atoms with Gasteiger partial charge in [-0.05, 0) is 18.2 Å². The third-order valence-corrected chi connectivity index (χ3v) is 5.13. The molecule has 2 aliphatic heterocycles. The number of Topliss-reactive ketones (excluding diaryl/α,β-unsaturated/α-hetero) is 1. The minimum atomic E-state index is -4.79. The van der Waals surface area contributed by atoms with Gasteiger partial charge in [0.05, 0.1) is 17.7 Å². The summed E-state index contributed by atoms with van der Waals surface area (Å²) in [5.74, 6) is -2.85. The monoisotopic (exact) mass is 441 g/mol. The number of ether oxygens (including phenoxy) is 2. The normalized spacial score (nSPS) is 16.4. The number of amides is 1. The number of hydrogen-bond acceptors (Lipinski definition) is 4. The molecule has 1 fully saturated rings. The molecule has 10 heteroatoms. The van der Waals surface area contributed by atoms with E-state index in [-0.39, 0.29) is 61.5 Å². The molecule has 2 aromatic rings. The minimum absolute atomic E-state index is 0.0549. The highest BCUT2D eigenvalue weighted by atomic mass is 19.4. The molecule has 31 heavy (non-hydrogen) atoms. The summed E-state index contributed by atoms with van der Waals surface area (Å²) in [5, 5.41) is 0. The number of hydrogen-bond donors (Lipinski definition) is 0. The molecular formula is C21H16F5NO4. The molecular weight excluding hydrogens is 425 g/mol. The molecule has 1 amide bonds. The predicted octanol–water partition coefficient (Wildman–Crippen LogP) is 3.64. The number of likely N-dealkylation sites (tertiary alicyclic amines) is 1. The zero-order valence-electron chi connectivity index (χ0n) is 16.0. The van der Waals surface area contributed by atoms with E-state index in [9.17, 15) is 31.5 Å². The summed E-state index contributed by atoms with van der Waals surface area (Å²) in [7, 11) is 0. The summed E-state index contributed by atoms with van der Waals surface area (Å²) in [6.07, 6.45) is -4.72. The van der Waals surface area contributed by atoms with Crippen LogP contribution >= 0.6 is 0 Å². The molecule has 0 N–H and O–H groups in total. The number of rotatable bonds is 4. The van der Waals surface area contributed by atoms with Crippen molar-refractivity contribution in [1.29, 1.82) is 0 Å². The Morgan fingerprint density at radius 3 is 2.55 bits per heavy atom. The lowest BCUT2D eigenvalue weighted by Crippen LogP contribution is -2.52. The number of carbonyl (C=O) groups is 2. The third-order valence-electron chi connectivity index (χ3n) is 5.13. The van der Waals surface area contributed by atoms with Gasteiger partial charge in [-0.3, -0.25) is 9.59 Å². The van der Waals surface area contributed by atoms with Crippen LogP contribution < -0.4 is 9.47 Å². The number of carbonyl (C=O) groups excluding carboxylic acids is 2. The molecule has 0 unspecified atom stereocenters. The van der Waals surface area contributed by atoms with Gasteiger partial charge in [0.1, 0.15) is 29.7 Å². The molecule has 0 spiro atoms. The van der Waals surface area contributed by atoms with Gasteiger partial charge >= 0.3 is 6.18 Å². The topological polar surface area (TPSA) is 55.8 Å². The van der Waals surface area contributed by atoms with Gasteiger partial charge in [-0.25, -0.2) is 8.78 Å². The van der Waals surface area contributed by atoms with Crippen LogP contribution in [0.5, 0.6) is 11.5 Å². The second kappa shape index (κ2) is 7.82. The van der Waals surface area contributed by atoms with Crippen LogP contribution in [0.2, 0.25) is 0 Å². The maximum absolute atomic E-state index is 14.3. The first-order valence-corrected chi connectivity index (χ1v) is 9.37. The molecule has 0 radical (unpaired) electrons. The highest BCUT2D eigenvalue weighted by Gasteiger charge is 2.35. The second-order valence-electron chi connectivity index (χ2n) is 7.47. The Morgan fingerprint density at radius 1 is 1.13 bits per heavy atom. The first-order valence-electron chi connectivity index (χ1n) is 9.37. The van der Waals surface area contributed by atoms with Gasteiger partial charge in [-0.2, -0.15) is 13.2 Å². The highest BCUT2D eigenvalue weighted by molar-refractivity contribution is 5.96. The molecule has 2 aliphatic rings. The largest absolute Gasteiger partial charge is 0.493 e. The molecule has 0 bridgehead atoms. The Hall–Kier alpha value is -3.17. The van der Waals surface area contributed by atoms with E-state index in [1.165, 1.54) is 11.0 Å². The van der Waals surface area contributed by atoms with E-state index in [0.717, 1.165) is 12.1 Å². The van der Waals surface area contributed by atoms with Crippen LogP contribution in [0.4, 0.5) is 22.0 Å². The Bertz CT molecular complexity index is 1050. The molecule has 0 aliphatic carbocycles. The average Bonchev–Trinajstić information content (AvgIpc) is 2.65. The number of ketones is 1. The summed E-state index contributed by atoms with van der Waals surface area (Å²) in [4.78, 5) is 25.5. The van der Waals surface area contributed by atoms with Gasteiger partial charge < -0.3 is 14.4 Å². The van der Waals surface area contributed by atoms with Crippen LogP contribution in [0.15, 0.2) is 30.3 Å². The van der Waals surface area contributed by atoms with Crippen molar-refractivity contribution in [1.82, 2.24) is 4.90 Å². The zero-order valence-corrected chi connectivity index (χ0v) is 16.0. The van der Waals surface area contributed by atoms with Crippen molar-refractivity contribution in [2.75, 3.05) is 26.3 Å². The zero-order chi connectivity index (χ0) is 22.3. The molecule has 164 valence electrons. The molecule has 5 nitrogen and oxygen atoms in total. The number of alkyl halides is 3. The van der Waals surface area contributed by atoms with Gasteiger partial charge in [-0.15, -0.1) is 0 Å². The fourth-order valence-corrected chi connectivity index (χ4v) is 3.50. The highest BCUT2D eigenvalue weighted by Crippen LogP contribution is 2.33. The summed E-state index contributed by atoms with van der Waals surface area (Å²) in [6, 6.07) is 4.71. The quantitative estimate of drug-likeness (QED) is 0.680. The Morgan fingerprint density at radius 2 is 1.87 bits per heavy atom. The molecule has 0 saturated carbocycles. The maximum Gasteiger partial charge on any atom is 0.419 e. The first-order chi connectivity index (χ1) is 14.6. The molecule has 0 aromatic heterocycles. The number of nitrogens with zero attached hydrogens (tertiary/aromatic N) is 1. The Kier molecular flexibility index (Phi) is 5.32. The second-order valence-corrected chi connectivity index (χ2v) is 7.47. The molecule has 2 aromatic carbocycles. The number of benzene rings is 2. The Balaban J connectivity index is 1.34. The van der Waals surface area contributed by atoms with Crippen LogP contribution in [0.3, 0.4) is 0 Å². The van der Waals surface area contributed by atoms with Crippen LogP contribution in [0.25, 0.3) is 0 Å². The number of fused-ring (bicyclic) bond motifs is 1. The van der Waals surface area contributed by atoms with Crippen molar-refractivity contribution in [3.63, 3.8) is 0 Å². The van der Waals surface area contributed by atoms with Crippen molar-refractivity contribution in [2.45, 2.75) is 12.6 Å². The van der Waals surface area contributed by atoms with Crippen molar-refractivity contribution >= 4 is 11.7 Å². The van der Waals surface area contributed by atoms with Gasteiger partial charge in [0.15, 0.2) is 5.78 Å². The summed E-state index contributed by atoms with van der Waals surface area (Å²) >= 11 is 0. The van der Waals surface area contributed by atoms with Crippen LogP contribution in [0.1, 0.15) is 21.5 Å². The first kappa shape index (κ1) is 21.1. The molecule has 2 heterocycles. The fourth-order valence-electron chi connectivity index (χ4n) is 3.50. The lowest BCUT2D eigenvalue weighted by molar-refractivity contribution is -0.140. The standard InChI is InChI=1S/C21H16F5NO4/c22-17-6-19-12(3-13(28)10-31-19)4-15(17)20(29)27-7-11(8-27)9-30-14-1-2-16(18(23)5-14)21(24,25)26/h1-2,4-6,11H,3,7-10H2. The van der Waals surface area contributed by atoms with E-state index in [1.54, 1.807) is 0 Å². The van der Waals surface area contributed by atoms with E-state index in [1.807, 2.05) is 0 Å². The van der Waals surface area contributed by atoms with E-state index >= 15 is 0 Å². The van der Waals surface area contributed by atoms with E-state index in [0.29, 0.717) is 17.7 Å². The van der Waals surface area contributed by atoms with Crippen molar-refractivity contribution in [3.8, 4) is 11.5 Å². The molecule has 0 atom stereocenters. The Labute approximate surface area is 173 Å². The van der Waals surface area contributed by atoms with E-state index in [4.69, 9.17) is 9.47 Å². The van der Waals surface area contributed by atoms with Crippen LogP contribution in [0, 0.1) is 17.6 Å². The maximum atomic E-state index is 14.3. The van der Waals surface area contributed by atoms with Crippen LogP contribution in [-0.2, 0) is 17.4 Å².